The SMILES string of the molecule is CC(Br)C(=O)c1c(Cl)cccc1Cl. The highest BCUT2D eigenvalue weighted by Gasteiger charge is 2.17. The number of rotatable bonds is 2. The lowest BCUT2D eigenvalue weighted by Crippen LogP contribution is -2.11. The molecule has 70 valence electrons. The Morgan fingerprint density at radius 1 is 1.38 bits per heavy atom. The second-order valence-electron chi connectivity index (χ2n) is 2.58. The molecule has 0 aromatic heterocycles. The summed E-state index contributed by atoms with van der Waals surface area (Å²) in [5.74, 6) is -0.101. The third-order valence-corrected chi connectivity index (χ3v) is 2.62. The van der Waals surface area contributed by atoms with E-state index in [2.05, 4.69) is 15.9 Å². The summed E-state index contributed by atoms with van der Waals surface area (Å²) < 4.78 is 0. The Balaban J connectivity index is 3.20. The molecule has 13 heavy (non-hydrogen) atoms. The van der Waals surface area contributed by atoms with E-state index in [1.807, 2.05) is 0 Å². The van der Waals surface area contributed by atoms with Crippen LogP contribution in [0.15, 0.2) is 18.2 Å². The molecule has 0 bridgehead atoms. The molecule has 1 unspecified atom stereocenters. The van der Waals surface area contributed by atoms with Crippen molar-refractivity contribution in [3.63, 3.8) is 0 Å². The Morgan fingerprint density at radius 3 is 2.23 bits per heavy atom. The first kappa shape index (κ1) is 11.0. The molecule has 0 spiro atoms. The molecule has 0 aliphatic heterocycles. The van der Waals surface area contributed by atoms with Gasteiger partial charge in [-0.3, -0.25) is 4.79 Å². The number of carbonyl (C=O) groups excluding carboxylic acids is 1. The van der Waals surface area contributed by atoms with Gasteiger partial charge in [0.15, 0.2) is 5.78 Å². The molecule has 1 atom stereocenters. The van der Waals surface area contributed by atoms with Gasteiger partial charge in [-0.1, -0.05) is 45.2 Å². The van der Waals surface area contributed by atoms with Crippen molar-refractivity contribution in [1.82, 2.24) is 0 Å². The molecule has 0 amide bonds. The zero-order chi connectivity index (χ0) is 10.0. The van der Waals surface area contributed by atoms with Crippen molar-refractivity contribution in [1.29, 1.82) is 0 Å². The monoisotopic (exact) mass is 280 g/mol. The van der Waals surface area contributed by atoms with Gasteiger partial charge in [-0.2, -0.15) is 0 Å². The molecule has 1 aromatic carbocycles. The van der Waals surface area contributed by atoms with E-state index in [0.29, 0.717) is 15.6 Å². The predicted octanol–water partition coefficient (Wildman–Crippen LogP) is 3.96. The summed E-state index contributed by atoms with van der Waals surface area (Å²) in [6.07, 6.45) is 0. The fraction of sp³-hybridized carbons (Fsp3) is 0.222. The number of hydrogen-bond acceptors (Lipinski definition) is 1. The first-order valence-electron chi connectivity index (χ1n) is 3.66. The molecule has 0 heterocycles. The number of alkyl halides is 1. The molecule has 0 aliphatic rings. The standard InChI is InChI=1S/C9H7BrCl2O/c1-5(10)9(13)8-6(11)3-2-4-7(8)12/h2-5H,1H3. The first-order valence-corrected chi connectivity index (χ1v) is 5.33. The van der Waals surface area contributed by atoms with E-state index < -0.39 is 0 Å². The highest BCUT2D eigenvalue weighted by molar-refractivity contribution is 9.10. The fourth-order valence-corrected chi connectivity index (χ4v) is 1.74. The van der Waals surface area contributed by atoms with E-state index in [1.54, 1.807) is 25.1 Å². The summed E-state index contributed by atoms with van der Waals surface area (Å²) in [6.45, 7) is 1.74. The molecule has 4 heteroatoms. The Morgan fingerprint density at radius 2 is 1.85 bits per heavy atom. The fourth-order valence-electron chi connectivity index (χ4n) is 0.932. The molecule has 0 fully saturated rings. The largest absolute Gasteiger partial charge is 0.293 e. The van der Waals surface area contributed by atoms with Gasteiger partial charge in [-0.25, -0.2) is 0 Å². The zero-order valence-corrected chi connectivity index (χ0v) is 9.95. The van der Waals surface area contributed by atoms with Crippen LogP contribution in [0, 0.1) is 0 Å². The van der Waals surface area contributed by atoms with Crippen molar-refractivity contribution in [2.45, 2.75) is 11.8 Å². The van der Waals surface area contributed by atoms with Gasteiger partial charge in [0.2, 0.25) is 0 Å². The van der Waals surface area contributed by atoms with E-state index in [9.17, 15) is 4.79 Å². The topological polar surface area (TPSA) is 17.1 Å². The van der Waals surface area contributed by atoms with Crippen LogP contribution in [0.3, 0.4) is 0 Å². The van der Waals surface area contributed by atoms with Crippen molar-refractivity contribution < 1.29 is 4.79 Å². The third-order valence-electron chi connectivity index (χ3n) is 1.57. The van der Waals surface area contributed by atoms with E-state index in [4.69, 9.17) is 23.2 Å². The Kier molecular flexibility index (Phi) is 3.77. The van der Waals surface area contributed by atoms with Gasteiger partial charge >= 0.3 is 0 Å². The minimum Gasteiger partial charge on any atom is -0.293 e. The van der Waals surface area contributed by atoms with Crippen molar-refractivity contribution in [2.75, 3.05) is 0 Å². The summed E-state index contributed by atoms with van der Waals surface area (Å²) in [6, 6.07) is 5.01. The third kappa shape index (κ3) is 2.46. The summed E-state index contributed by atoms with van der Waals surface area (Å²) >= 11 is 14.9. The van der Waals surface area contributed by atoms with Crippen molar-refractivity contribution in [3.05, 3.63) is 33.8 Å². The van der Waals surface area contributed by atoms with Crippen LogP contribution < -0.4 is 0 Å². The Labute approximate surface area is 95.2 Å². The molecule has 0 saturated carbocycles. The number of hydrogen-bond donors (Lipinski definition) is 0. The Hall–Kier alpha value is -0.0500. The summed E-state index contributed by atoms with van der Waals surface area (Å²) in [7, 11) is 0. The van der Waals surface area contributed by atoms with Gasteiger partial charge in [-0.05, 0) is 19.1 Å². The lowest BCUT2D eigenvalue weighted by atomic mass is 10.1. The van der Waals surface area contributed by atoms with Crippen LogP contribution >= 0.6 is 39.1 Å². The maximum Gasteiger partial charge on any atom is 0.179 e. The lowest BCUT2D eigenvalue weighted by molar-refractivity contribution is 0.0996. The quantitative estimate of drug-likeness (QED) is 0.592. The van der Waals surface area contributed by atoms with Crippen molar-refractivity contribution >= 4 is 44.9 Å². The second kappa shape index (κ2) is 4.45. The van der Waals surface area contributed by atoms with E-state index in [-0.39, 0.29) is 10.6 Å². The number of ketones is 1. The highest BCUT2D eigenvalue weighted by Crippen LogP contribution is 2.26. The number of carbonyl (C=O) groups is 1. The zero-order valence-electron chi connectivity index (χ0n) is 6.85. The van der Waals surface area contributed by atoms with Crippen LogP contribution in [-0.4, -0.2) is 10.6 Å². The normalized spacial score (nSPS) is 12.6. The summed E-state index contributed by atoms with van der Waals surface area (Å²) in [5.41, 5.74) is 0.384. The lowest BCUT2D eigenvalue weighted by Gasteiger charge is -2.06. The molecular weight excluding hydrogens is 275 g/mol. The van der Waals surface area contributed by atoms with Crippen LogP contribution in [0.2, 0.25) is 10.0 Å². The van der Waals surface area contributed by atoms with Crippen LogP contribution in [0.25, 0.3) is 0 Å². The average Bonchev–Trinajstić information content (AvgIpc) is 2.03. The number of Topliss-reactive ketones (excluding diaryl/α,β-unsaturated/α-hetero) is 1. The first-order chi connectivity index (χ1) is 6.04. The molecule has 1 nitrogen and oxygen atoms in total. The predicted molar refractivity (Wildman–Crippen MR) is 59.2 cm³/mol. The highest BCUT2D eigenvalue weighted by atomic mass is 79.9. The summed E-state index contributed by atoms with van der Waals surface area (Å²) in [4.78, 5) is 11.3. The summed E-state index contributed by atoms with van der Waals surface area (Å²) in [5, 5.41) is 0.785. The van der Waals surface area contributed by atoms with Crippen LogP contribution in [0.1, 0.15) is 17.3 Å². The van der Waals surface area contributed by atoms with Gasteiger partial charge in [0.05, 0.1) is 20.4 Å². The van der Waals surface area contributed by atoms with Gasteiger partial charge < -0.3 is 0 Å². The molecule has 0 saturated heterocycles. The van der Waals surface area contributed by atoms with E-state index in [0.717, 1.165) is 0 Å². The molecule has 0 aliphatic carbocycles. The number of benzene rings is 1. The second-order valence-corrected chi connectivity index (χ2v) is 4.76. The van der Waals surface area contributed by atoms with Crippen molar-refractivity contribution in [3.8, 4) is 0 Å². The average molecular weight is 282 g/mol. The molecule has 0 radical (unpaired) electrons. The minimum atomic E-state index is -0.273. The van der Waals surface area contributed by atoms with Crippen LogP contribution in [-0.2, 0) is 0 Å². The maximum absolute atomic E-state index is 11.6. The molecule has 1 aromatic rings. The minimum absolute atomic E-state index is 0.101. The van der Waals surface area contributed by atoms with Gasteiger partial charge in [0.1, 0.15) is 0 Å². The van der Waals surface area contributed by atoms with Crippen LogP contribution in [0.5, 0.6) is 0 Å². The van der Waals surface area contributed by atoms with E-state index in [1.165, 1.54) is 0 Å². The molecular formula is C9H7BrCl2O. The maximum atomic E-state index is 11.6. The van der Waals surface area contributed by atoms with E-state index >= 15 is 0 Å². The smallest absolute Gasteiger partial charge is 0.179 e. The van der Waals surface area contributed by atoms with Gasteiger partial charge in [0, 0.05) is 0 Å². The molecule has 1 rings (SSSR count). The number of halogens is 3. The van der Waals surface area contributed by atoms with Gasteiger partial charge in [0.25, 0.3) is 0 Å². The Bertz CT molecular complexity index is 316. The molecule has 0 N–H and O–H groups in total. The van der Waals surface area contributed by atoms with Crippen LogP contribution in [0.4, 0.5) is 0 Å². The van der Waals surface area contributed by atoms with Gasteiger partial charge in [-0.15, -0.1) is 0 Å². The van der Waals surface area contributed by atoms with Crippen molar-refractivity contribution in [2.24, 2.45) is 0 Å².